The Labute approximate surface area is 111 Å². The number of fused-ring (bicyclic) bond motifs is 1. The number of rotatable bonds is 6. The Morgan fingerprint density at radius 1 is 1.42 bits per heavy atom. The molecule has 19 heavy (non-hydrogen) atoms. The van der Waals surface area contributed by atoms with Crippen LogP contribution in [0.2, 0.25) is 0 Å². The van der Waals surface area contributed by atoms with Crippen LogP contribution in [0.4, 0.5) is 0 Å². The smallest absolute Gasteiger partial charge is 0.304 e. The van der Waals surface area contributed by atoms with Crippen LogP contribution in [0, 0.1) is 0 Å². The van der Waals surface area contributed by atoms with E-state index in [1.165, 1.54) is 0 Å². The van der Waals surface area contributed by atoms with E-state index in [1.807, 2.05) is 43.0 Å². The van der Waals surface area contributed by atoms with Crippen molar-refractivity contribution in [3.05, 3.63) is 30.2 Å². The highest BCUT2D eigenvalue weighted by molar-refractivity contribution is 5.72. The number of carboxylic acids is 1. The Kier molecular flexibility index (Phi) is 4.16. The fourth-order valence-electron chi connectivity index (χ4n) is 1.92. The molecule has 5 nitrogen and oxygen atoms in total. The van der Waals surface area contributed by atoms with Crippen LogP contribution < -0.4 is 0 Å². The Morgan fingerprint density at radius 2 is 2.16 bits per heavy atom. The van der Waals surface area contributed by atoms with Gasteiger partial charge in [-0.1, -0.05) is 12.1 Å². The van der Waals surface area contributed by atoms with Crippen molar-refractivity contribution in [1.29, 1.82) is 0 Å². The number of aromatic nitrogens is 1. The van der Waals surface area contributed by atoms with Crippen LogP contribution in [-0.2, 0) is 11.3 Å². The summed E-state index contributed by atoms with van der Waals surface area (Å²) in [5.74, 6) is -0.163. The van der Waals surface area contributed by atoms with Gasteiger partial charge < -0.3 is 9.52 Å². The highest BCUT2D eigenvalue weighted by Crippen LogP contribution is 2.17. The average molecular weight is 262 g/mol. The predicted octanol–water partition coefficient (Wildman–Crippen LogP) is 2.51. The summed E-state index contributed by atoms with van der Waals surface area (Å²) in [5.41, 5.74) is 1.60. The minimum Gasteiger partial charge on any atom is -0.481 e. The number of benzene rings is 1. The van der Waals surface area contributed by atoms with Crippen LogP contribution in [0.1, 0.15) is 26.2 Å². The number of carbonyl (C=O) groups is 1. The lowest BCUT2D eigenvalue weighted by atomic mass is 10.3. The van der Waals surface area contributed by atoms with Crippen LogP contribution in [-0.4, -0.2) is 33.5 Å². The molecule has 2 aromatic rings. The molecule has 0 aliphatic heterocycles. The van der Waals surface area contributed by atoms with Crippen LogP contribution in [0.3, 0.4) is 0 Å². The van der Waals surface area contributed by atoms with Crippen molar-refractivity contribution in [3.63, 3.8) is 0 Å². The monoisotopic (exact) mass is 262 g/mol. The van der Waals surface area contributed by atoms with Gasteiger partial charge in [0.2, 0.25) is 5.89 Å². The predicted molar refractivity (Wildman–Crippen MR) is 71.8 cm³/mol. The fourth-order valence-corrected chi connectivity index (χ4v) is 1.92. The van der Waals surface area contributed by atoms with Crippen molar-refractivity contribution >= 4 is 17.1 Å². The van der Waals surface area contributed by atoms with Crippen LogP contribution in [0.5, 0.6) is 0 Å². The molecule has 5 heteroatoms. The van der Waals surface area contributed by atoms with E-state index in [4.69, 9.17) is 9.52 Å². The van der Waals surface area contributed by atoms with Gasteiger partial charge in [-0.25, -0.2) is 4.98 Å². The van der Waals surface area contributed by atoms with Crippen LogP contribution in [0.25, 0.3) is 11.1 Å². The highest BCUT2D eigenvalue weighted by atomic mass is 16.4. The molecule has 102 valence electrons. The quantitative estimate of drug-likeness (QED) is 0.866. The molecule has 0 unspecified atom stereocenters. The molecule has 0 fully saturated rings. The van der Waals surface area contributed by atoms with Gasteiger partial charge in [0.25, 0.3) is 0 Å². The van der Waals surface area contributed by atoms with Gasteiger partial charge in [-0.15, -0.1) is 0 Å². The summed E-state index contributed by atoms with van der Waals surface area (Å²) in [4.78, 5) is 17.1. The number of oxazole rings is 1. The number of carboxylic acid groups (broad SMARTS) is 1. The van der Waals surface area contributed by atoms with Gasteiger partial charge in [0.15, 0.2) is 5.58 Å². The van der Waals surface area contributed by atoms with Crippen molar-refractivity contribution in [2.75, 3.05) is 6.54 Å². The normalized spacial score (nSPS) is 11.6. The summed E-state index contributed by atoms with van der Waals surface area (Å²) in [5, 5.41) is 8.76. The minimum absolute atomic E-state index is 0.123. The first kappa shape index (κ1) is 13.5. The Balaban J connectivity index is 2.09. The lowest BCUT2D eigenvalue weighted by molar-refractivity contribution is -0.137. The molecule has 0 aliphatic rings. The summed E-state index contributed by atoms with van der Waals surface area (Å²) in [6.07, 6.45) is 0.123. The van der Waals surface area contributed by atoms with E-state index in [0.29, 0.717) is 19.0 Å². The molecule has 0 spiro atoms. The SMILES string of the molecule is CC(C)N(CCC(=O)O)Cc1nc2ccccc2o1. The fraction of sp³-hybridized carbons (Fsp3) is 0.429. The molecular weight excluding hydrogens is 244 g/mol. The van der Waals surface area contributed by atoms with Gasteiger partial charge in [-0.2, -0.15) is 0 Å². The molecular formula is C14H18N2O3. The van der Waals surface area contributed by atoms with Crippen LogP contribution in [0.15, 0.2) is 28.7 Å². The van der Waals surface area contributed by atoms with Gasteiger partial charge in [-0.3, -0.25) is 9.69 Å². The zero-order valence-corrected chi connectivity index (χ0v) is 11.2. The largest absolute Gasteiger partial charge is 0.481 e. The lowest BCUT2D eigenvalue weighted by Crippen LogP contribution is -2.32. The molecule has 2 rings (SSSR count). The molecule has 0 atom stereocenters. The summed E-state index contributed by atoms with van der Waals surface area (Å²) >= 11 is 0. The van der Waals surface area contributed by atoms with E-state index in [0.717, 1.165) is 11.1 Å². The third-order valence-corrected chi connectivity index (χ3v) is 3.02. The van der Waals surface area contributed by atoms with E-state index >= 15 is 0 Å². The Bertz CT molecular complexity index is 530. The molecule has 0 saturated heterocycles. The number of hydrogen-bond donors (Lipinski definition) is 1. The number of aliphatic carboxylic acids is 1. The number of para-hydroxylation sites is 2. The van der Waals surface area contributed by atoms with E-state index in [2.05, 4.69) is 4.98 Å². The summed E-state index contributed by atoms with van der Waals surface area (Å²) in [6.45, 7) is 5.08. The third kappa shape index (κ3) is 3.54. The van der Waals surface area contributed by atoms with Crippen LogP contribution >= 0.6 is 0 Å². The maximum absolute atomic E-state index is 10.7. The molecule has 1 aromatic carbocycles. The number of nitrogens with zero attached hydrogens (tertiary/aromatic N) is 2. The summed E-state index contributed by atoms with van der Waals surface area (Å²) in [6, 6.07) is 7.85. The molecule has 0 bridgehead atoms. The molecule has 1 aromatic heterocycles. The average Bonchev–Trinajstić information content (AvgIpc) is 2.76. The number of hydrogen-bond acceptors (Lipinski definition) is 4. The van der Waals surface area contributed by atoms with Gasteiger partial charge in [0.1, 0.15) is 5.52 Å². The first-order valence-electron chi connectivity index (χ1n) is 6.36. The minimum atomic E-state index is -0.789. The van der Waals surface area contributed by atoms with Crippen molar-refractivity contribution in [2.24, 2.45) is 0 Å². The third-order valence-electron chi connectivity index (χ3n) is 3.02. The van der Waals surface area contributed by atoms with Gasteiger partial charge in [0.05, 0.1) is 13.0 Å². The van der Waals surface area contributed by atoms with Gasteiger partial charge in [-0.05, 0) is 26.0 Å². The molecule has 0 aliphatic carbocycles. The van der Waals surface area contributed by atoms with Crippen molar-refractivity contribution in [3.8, 4) is 0 Å². The molecule has 1 heterocycles. The molecule has 1 N–H and O–H groups in total. The second-order valence-corrected chi connectivity index (χ2v) is 4.78. The van der Waals surface area contributed by atoms with Gasteiger partial charge >= 0.3 is 5.97 Å². The maximum atomic E-state index is 10.7. The topological polar surface area (TPSA) is 66.6 Å². The van der Waals surface area contributed by atoms with Crippen molar-refractivity contribution < 1.29 is 14.3 Å². The van der Waals surface area contributed by atoms with Crippen molar-refractivity contribution in [1.82, 2.24) is 9.88 Å². The Hall–Kier alpha value is -1.88. The van der Waals surface area contributed by atoms with E-state index in [-0.39, 0.29) is 12.5 Å². The maximum Gasteiger partial charge on any atom is 0.304 e. The van der Waals surface area contributed by atoms with Gasteiger partial charge in [0, 0.05) is 12.6 Å². The second-order valence-electron chi connectivity index (χ2n) is 4.78. The second kappa shape index (κ2) is 5.84. The summed E-state index contributed by atoms with van der Waals surface area (Å²) in [7, 11) is 0. The standard InChI is InChI=1S/C14H18N2O3/c1-10(2)16(8-7-14(17)18)9-13-15-11-5-3-4-6-12(11)19-13/h3-6,10H,7-9H2,1-2H3,(H,17,18). The molecule has 0 radical (unpaired) electrons. The first-order valence-corrected chi connectivity index (χ1v) is 6.36. The first-order chi connectivity index (χ1) is 9.06. The van der Waals surface area contributed by atoms with E-state index in [9.17, 15) is 4.79 Å². The molecule has 0 saturated carbocycles. The highest BCUT2D eigenvalue weighted by Gasteiger charge is 2.15. The summed E-state index contributed by atoms with van der Waals surface area (Å²) < 4.78 is 5.66. The zero-order chi connectivity index (χ0) is 13.8. The van der Waals surface area contributed by atoms with Crippen molar-refractivity contribution in [2.45, 2.75) is 32.9 Å². The van der Waals surface area contributed by atoms with E-state index in [1.54, 1.807) is 0 Å². The lowest BCUT2D eigenvalue weighted by Gasteiger charge is -2.23. The zero-order valence-electron chi connectivity index (χ0n) is 11.2. The van der Waals surface area contributed by atoms with E-state index < -0.39 is 5.97 Å². The Morgan fingerprint density at radius 3 is 2.79 bits per heavy atom. The molecule has 0 amide bonds.